The summed E-state index contributed by atoms with van der Waals surface area (Å²) in [5.74, 6) is -2.32. The summed E-state index contributed by atoms with van der Waals surface area (Å²) < 4.78 is 22.0. The van der Waals surface area contributed by atoms with E-state index in [-0.39, 0.29) is 64.0 Å². The zero-order valence-corrected chi connectivity index (χ0v) is 19.1. The SMILES string of the molecule is C=C(CC(=O)c1cc2c(o1)C(=O)c1ccccc1C2=O)OC(OC(=O)C1CCOCC1)C(C)C. The number of carbonyl (C=O) groups is 4. The van der Waals surface area contributed by atoms with E-state index in [0.717, 1.165) is 0 Å². The summed E-state index contributed by atoms with van der Waals surface area (Å²) in [6.07, 6.45) is 0.0130. The molecule has 1 fully saturated rings. The van der Waals surface area contributed by atoms with Crippen LogP contribution in [-0.2, 0) is 19.0 Å². The number of furan rings is 1. The Morgan fingerprint density at radius 2 is 1.68 bits per heavy atom. The van der Waals surface area contributed by atoms with E-state index in [9.17, 15) is 19.2 Å². The minimum absolute atomic E-state index is 0.0593. The number of fused-ring (bicyclic) bond motifs is 2. The molecule has 2 aliphatic rings. The summed E-state index contributed by atoms with van der Waals surface area (Å²) in [6.45, 7) is 8.45. The van der Waals surface area contributed by atoms with Crippen molar-refractivity contribution in [2.24, 2.45) is 11.8 Å². The molecule has 0 spiro atoms. The van der Waals surface area contributed by atoms with Crippen molar-refractivity contribution < 1.29 is 37.8 Å². The lowest BCUT2D eigenvalue weighted by Gasteiger charge is -2.27. The lowest BCUT2D eigenvalue weighted by molar-refractivity contribution is -0.186. The lowest BCUT2D eigenvalue weighted by atomic mass is 9.88. The van der Waals surface area contributed by atoms with Crippen molar-refractivity contribution in [2.45, 2.75) is 39.4 Å². The monoisotopic (exact) mass is 466 g/mol. The molecule has 0 radical (unpaired) electrons. The summed E-state index contributed by atoms with van der Waals surface area (Å²) in [4.78, 5) is 50.7. The van der Waals surface area contributed by atoms with Gasteiger partial charge in [-0.1, -0.05) is 44.7 Å². The minimum Gasteiger partial charge on any atom is -0.459 e. The molecule has 0 N–H and O–H groups in total. The second kappa shape index (κ2) is 9.77. The molecule has 8 heteroatoms. The zero-order valence-electron chi connectivity index (χ0n) is 19.1. The fourth-order valence-electron chi connectivity index (χ4n) is 3.92. The molecule has 4 rings (SSSR count). The Kier molecular flexibility index (Phi) is 6.79. The van der Waals surface area contributed by atoms with Gasteiger partial charge >= 0.3 is 5.97 Å². The number of Topliss-reactive ketones (excluding diaryl/α,β-unsaturated/α-hetero) is 1. The normalized spacial score (nSPS) is 16.6. The summed E-state index contributed by atoms with van der Waals surface area (Å²) >= 11 is 0. The average Bonchev–Trinajstić information content (AvgIpc) is 3.29. The maximum Gasteiger partial charge on any atom is 0.312 e. The molecule has 1 saturated heterocycles. The van der Waals surface area contributed by atoms with Gasteiger partial charge in [0.05, 0.1) is 17.9 Å². The van der Waals surface area contributed by atoms with Crippen LogP contribution in [0.1, 0.15) is 75.7 Å². The molecule has 8 nitrogen and oxygen atoms in total. The third-order valence-corrected chi connectivity index (χ3v) is 5.85. The van der Waals surface area contributed by atoms with Gasteiger partial charge in [-0.2, -0.15) is 0 Å². The summed E-state index contributed by atoms with van der Waals surface area (Å²) in [5, 5.41) is 0. The van der Waals surface area contributed by atoms with Crippen LogP contribution in [0, 0.1) is 11.8 Å². The molecule has 1 aliphatic heterocycles. The maximum absolute atomic E-state index is 12.8. The quantitative estimate of drug-likeness (QED) is 0.211. The van der Waals surface area contributed by atoms with E-state index in [4.69, 9.17) is 18.6 Å². The van der Waals surface area contributed by atoms with Crippen LogP contribution >= 0.6 is 0 Å². The van der Waals surface area contributed by atoms with Gasteiger partial charge in [0, 0.05) is 30.3 Å². The van der Waals surface area contributed by atoms with Gasteiger partial charge in [0.25, 0.3) is 0 Å². The van der Waals surface area contributed by atoms with Crippen molar-refractivity contribution in [1.82, 2.24) is 0 Å². The highest BCUT2D eigenvalue weighted by atomic mass is 16.7. The van der Waals surface area contributed by atoms with Crippen LogP contribution in [-0.4, -0.2) is 42.8 Å². The van der Waals surface area contributed by atoms with Crippen LogP contribution in [0.3, 0.4) is 0 Å². The van der Waals surface area contributed by atoms with Crippen LogP contribution in [0.15, 0.2) is 47.1 Å². The van der Waals surface area contributed by atoms with Crippen molar-refractivity contribution in [3.8, 4) is 0 Å². The molecule has 178 valence electrons. The number of hydrogen-bond donors (Lipinski definition) is 0. The van der Waals surface area contributed by atoms with Gasteiger partial charge in [-0.05, 0) is 18.9 Å². The fourth-order valence-corrected chi connectivity index (χ4v) is 3.92. The molecule has 1 unspecified atom stereocenters. The largest absolute Gasteiger partial charge is 0.459 e. The predicted molar refractivity (Wildman–Crippen MR) is 119 cm³/mol. The highest BCUT2D eigenvalue weighted by Gasteiger charge is 2.35. The molecule has 0 amide bonds. The van der Waals surface area contributed by atoms with Gasteiger partial charge in [0.2, 0.25) is 17.9 Å². The zero-order chi connectivity index (χ0) is 24.4. The van der Waals surface area contributed by atoms with Crippen molar-refractivity contribution in [1.29, 1.82) is 0 Å². The standard InChI is InChI=1S/C26H26O8/c1-14(2)26(34-25(30)16-8-10-31-11-9-16)32-15(3)12-20(27)21-13-19-22(28)17-6-4-5-7-18(17)23(29)24(19)33-21/h4-7,13-14,16,26H,3,8-12H2,1-2H3. The summed E-state index contributed by atoms with van der Waals surface area (Å²) in [7, 11) is 0. The van der Waals surface area contributed by atoms with Crippen molar-refractivity contribution >= 4 is 23.3 Å². The molecule has 2 aromatic rings. The molecule has 1 aromatic heterocycles. The molecule has 1 atom stereocenters. The van der Waals surface area contributed by atoms with E-state index in [1.54, 1.807) is 24.3 Å². The number of rotatable bonds is 8. The third-order valence-electron chi connectivity index (χ3n) is 5.85. The first kappa shape index (κ1) is 23.6. The first-order valence-electron chi connectivity index (χ1n) is 11.2. The van der Waals surface area contributed by atoms with Crippen LogP contribution in [0.4, 0.5) is 0 Å². The van der Waals surface area contributed by atoms with Gasteiger partial charge in [0.15, 0.2) is 17.3 Å². The first-order chi connectivity index (χ1) is 16.3. The van der Waals surface area contributed by atoms with Crippen LogP contribution in [0.5, 0.6) is 0 Å². The second-order valence-electron chi connectivity index (χ2n) is 8.75. The average molecular weight is 466 g/mol. The van der Waals surface area contributed by atoms with E-state index in [2.05, 4.69) is 6.58 Å². The topological polar surface area (TPSA) is 109 Å². The Labute approximate surface area is 196 Å². The molecule has 0 bridgehead atoms. The van der Waals surface area contributed by atoms with E-state index in [0.29, 0.717) is 26.1 Å². The molecule has 0 saturated carbocycles. The fraction of sp³-hybridized carbons (Fsp3) is 0.385. The number of carbonyl (C=O) groups excluding carboxylic acids is 4. The highest BCUT2D eigenvalue weighted by molar-refractivity contribution is 6.27. The van der Waals surface area contributed by atoms with Crippen molar-refractivity contribution in [3.05, 3.63) is 70.9 Å². The van der Waals surface area contributed by atoms with Gasteiger partial charge in [-0.15, -0.1) is 0 Å². The Morgan fingerprint density at radius 3 is 2.32 bits per heavy atom. The predicted octanol–water partition coefficient (Wildman–Crippen LogP) is 4.11. The third kappa shape index (κ3) is 4.72. The Bertz CT molecular complexity index is 1100. The van der Waals surface area contributed by atoms with E-state index >= 15 is 0 Å². The Balaban J connectivity index is 1.41. The molecule has 2 heterocycles. The summed E-state index contributed by atoms with van der Waals surface area (Å²) in [6, 6.07) is 7.72. The van der Waals surface area contributed by atoms with E-state index in [1.165, 1.54) is 6.07 Å². The van der Waals surface area contributed by atoms with Gasteiger partial charge in [0.1, 0.15) is 5.76 Å². The minimum atomic E-state index is -0.905. The van der Waals surface area contributed by atoms with Crippen molar-refractivity contribution in [2.75, 3.05) is 13.2 Å². The van der Waals surface area contributed by atoms with Crippen molar-refractivity contribution in [3.63, 3.8) is 0 Å². The van der Waals surface area contributed by atoms with Crippen LogP contribution in [0.2, 0.25) is 0 Å². The second-order valence-corrected chi connectivity index (χ2v) is 8.75. The molecule has 34 heavy (non-hydrogen) atoms. The first-order valence-corrected chi connectivity index (χ1v) is 11.2. The maximum atomic E-state index is 12.8. The number of allylic oxidation sites excluding steroid dienone is 1. The van der Waals surface area contributed by atoms with E-state index < -0.39 is 17.9 Å². The number of ketones is 3. The molecule has 1 aromatic carbocycles. The number of esters is 1. The Hall–Kier alpha value is -3.52. The number of ether oxygens (including phenoxy) is 3. The van der Waals surface area contributed by atoms with E-state index in [1.807, 2.05) is 13.8 Å². The van der Waals surface area contributed by atoms with Gasteiger partial charge in [-0.3, -0.25) is 19.2 Å². The number of hydrogen-bond acceptors (Lipinski definition) is 8. The van der Waals surface area contributed by atoms with Crippen LogP contribution in [0.25, 0.3) is 0 Å². The van der Waals surface area contributed by atoms with Crippen LogP contribution < -0.4 is 0 Å². The lowest BCUT2D eigenvalue weighted by Crippen LogP contribution is -2.32. The molecular formula is C26H26O8. The smallest absolute Gasteiger partial charge is 0.312 e. The van der Waals surface area contributed by atoms with Gasteiger partial charge in [-0.25, -0.2) is 0 Å². The summed E-state index contributed by atoms with van der Waals surface area (Å²) in [5.41, 5.74) is 0.579. The number of benzene rings is 1. The highest BCUT2D eigenvalue weighted by Crippen LogP contribution is 2.30. The molecular weight excluding hydrogens is 440 g/mol. The molecule has 1 aliphatic carbocycles. The van der Waals surface area contributed by atoms with Gasteiger partial charge < -0.3 is 18.6 Å². The Morgan fingerprint density at radius 1 is 1.03 bits per heavy atom.